The third-order valence-electron chi connectivity index (χ3n) is 4.74. The molecular formula is C15H24O. The van der Waals surface area contributed by atoms with Crippen LogP contribution in [0.1, 0.15) is 47.0 Å². The third-order valence-corrected chi connectivity index (χ3v) is 4.74. The number of hydrogen-bond acceptors (Lipinski definition) is 1. The van der Waals surface area contributed by atoms with Crippen molar-refractivity contribution in [1.82, 2.24) is 0 Å². The van der Waals surface area contributed by atoms with Crippen LogP contribution >= 0.6 is 0 Å². The van der Waals surface area contributed by atoms with Crippen molar-refractivity contribution in [3.63, 3.8) is 0 Å². The van der Waals surface area contributed by atoms with Gasteiger partial charge in [0.1, 0.15) is 0 Å². The zero-order valence-electron chi connectivity index (χ0n) is 11.0. The number of rotatable bonds is 1. The first-order chi connectivity index (χ1) is 7.36. The van der Waals surface area contributed by atoms with Gasteiger partial charge in [0.25, 0.3) is 0 Å². The van der Waals surface area contributed by atoms with Gasteiger partial charge in [0.05, 0.1) is 5.60 Å². The summed E-state index contributed by atoms with van der Waals surface area (Å²) in [6.07, 6.45) is 10.5. The van der Waals surface area contributed by atoms with E-state index >= 15 is 0 Å². The molecule has 2 aliphatic rings. The van der Waals surface area contributed by atoms with Crippen LogP contribution in [0.5, 0.6) is 0 Å². The second kappa shape index (κ2) is 3.73. The maximum absolute atomic E-state index is 10.4. The molecule has 2 aliphatic carbocycles. The summed E-state index contributed by atoms with van der Waals surface area (Å²) in [6.45, 7) is 8.43. The molecule has 0 aliphatic heterocycles. The first kappa shape index (κ1) is 11.9. The predicted octanol–water partition coefficient (Wildman–Crippen LogP) is 3.70. The van der Waals surface area contributed by atoms with E-state index in [1.54, 1.807) is 0 Å². The molecule has 0 amide bonds. The minimum Gasteiger partial charge on any atom is -0.390 e. The van der Waals surface area contributed by atoms with Crippen molar-refractivity contribution in [3.05, 3.63) is 23.8 Å². The summed E-state index contributed by atoms with van der Waals surface area (Å²) >= 11 is 0. The van der Waals surface area contributed by atoms with Crippen LogP contribution in [0.4, 0.5) is 0 Å². The Morgan fingerprint density at radius 1 is 1.38 bits per heavy atom. The van der Waals surface area contributed by atoms with Crippen molar-refractivity contribution in [3.8, 4) is 0 Å². The predicted molar refractivity (Wildman–Crippen MR) is 68.1 cm³/mol. The Labute approximate surface area is 99.3 Å². The van der Waals surface area contributed by atoms with E-state index in [1.807, 2.05) is 13.8 Å². The maximum Gasteiger partial charge on any atom is 0.0628 e. The zero-order valence-corrected chi connectivity index (χ0v) is 11.0. The average Bonchev–Trinajstić information content (AvgIpc) is 2.49. The van der Waals surface area contributed by atoms with Gasteiger partial charge in [-0.3, -0.25) is 0 Å². The summed E-state index contributed by atoms with van der Waals surface area (Å²) in [7, 11) is 0. The van der Waals surface area contributed by atoms with Gasteiger partial charge < -0.3 is 5.11 Å². The van der Waals surface area contributed by atoms with Crippen molar-refractivity contribution in [2.75, 3.05) is 0 Å². The Hall–Kier alpha value is -0.560. The van der Waals surface area contributed by atoms with Crippen molar-refractivity contribution >= 4 is 0 Å². The van der Waals surface area contributed by atoms with Crippen LogP contribution in [0.2, 0.25) is 0 Å². The van der Waals surface area contributed by atoms with Crippen LogP contribution in [0, 0.1) is 17.3 Å². The molecule has 0 aromatic heterocycles. The van der Waals surface area contributed by atoms with Crippen molar-refractivity contribution in [2.45, 2.75) is 52.6 Å². The van der Waals surface area contributed by atoms with Gasteiger partial charge in [-0.05, 0) is 51.9 Å². The standard InChI is InChI=1S/C15H24O/c1-11-7-9-15(10-8-11)12(2)5-6-13(15)14(3,4)16/h7-9,12-13,16H,5-6,10H2,1-4H3/t12-,13-,15-/m1/s1. The Morgan fingerprint density at radius 2 is 2.06 bits per heavy atom. The van der Waals surface area contributed by atoms with Crippen molar-refractivity contribution in [2.24, 2.45) is 17.3 Å². The number of hydrogen-bond donors (Lipinski definition) is 1. The van der Waals surface area contributed by atoms with Crippen LogP contribution in [0.25, 0.3) is 0 Å². The average molecular weight is 220 g/mol. The van der Waals surface area contributed by atoms with Gasteiger partial charge >= 0.3 is 0 Å². The Morgan fingerprint density at radius 3 is 2.56 bits per heavy atom. The zero-order chi connectivity index (χ0) is 12.0. The van der Waals surface area contributed by atoms with Gasteiger partial charge in [0.15, 0.2) is 0 Å². The summed E-state index contributed by atoms with van der Waals surface area (Å²) in [5.74, 6) is 1.08. The molecule has 2 rings (SSSR count). The molecule has 1 nitrogen and oxygen atoms in total. The highest BCUT2D eigenvalue weighted by molar-refractivity contribution is 5.28. The maximum atomic E-state index is 10.4. The number of allylic oxidation sites excluding steroid dienone is 4. The van der Waals surface area contributed by atoms with Gasteiger partial charge in [-0.2, -0.15) is 0 Å². The molecule has 1 saturated carbocycles. The highest BCUT2D eigenvalue weighted by Gasteiger charge is 2.51. The highest BCUT2D eigenvalue weighted by Crippen LogP contribution is 2.56. The van der Waals surface area contributed by atoms with E-state index in [2.05, 4.69) is 32.1 Å². The van der Waals surface area contributed by atoms with E-state index in [4.69, 9.17) is 0 Å². The van der Waals surface area contributed by atoms with Crippen LogP contribution in [0.15, 0.2) is 23.8 Å². The Balaban J connectivity index is 2.33. The summed E-state index contributed by atoms with van der Waals surface area (Å²) in [5.41, 5.74) is 1.01. The van der Waals surface area contributed by atoms with E-state index in [9.17, 15) is 5.11 Å². The molecule has 16 heavy (non-hydrogen) atoms. The fourth-order valence-electron chi connectivity index (χ4n) is 3.69. The minimum absolute atomic E-state index is 0.206. The SMILES string of the molecule is CC1=CC[C@]2(C=C1)[C@H](C)CC[C@@H]2C(C)(C)O. The molecule has 0 bridgehead atoms. The second-order valence-electron chi connectivity index (χ2n) is 6.28. The lowest BCUT2D eigenvalue weighted by molar-refractivity contribution is -0.0274. The molecule has 1 heteroatoms. The Kier molecular flexibility index (Phi) is 2.78. The molecule has 1 spiro atoms. The molecule has 1 fully saturated rings. The van der Waals surface area contributed by atoms with Gasteiger partial charge in [0.2, 0.25) is 0 Å². The van der Waals surface area contributed by atoms with Crippen molar-refractivity contribution < 1.29 is 5.11 Å². The number of aliphatic hydroxyl groups is 1. The van der Waals surface area contributed by atoms with Gasteiger partial charge in [-0.15, -0.1) is 0 Å². The molecular weight excluding hydrogens is 196 g/mol. The second-order valence-corrected chi connectivity index (χ2v) is 6.28. The van der Waals surface area contributed by atoms with Crippen LogP contribution < -0.4 is 0 Å². The first-order valence-corrected chi connectivity index (χ1v) is 6.44. The van der Waals surface area contributed by atoms with E-state index in [1.165, 1.54) is 12.0 Å². The molecule has 0 aromatic carbocycles. The van der Waals surface area contributed by atoms with E-state index in [0.29, 0.717) is 11.8 Å². The molecule has 0 heterocycles. The quantitative estimate of drug-likeness (QED) is 0.714. The fraction of sp³-hybridized carbons (Fsp3) is 0.733. The largest absolute Gasteiger partial charge is 0.390 e. The summed E-state index contributed by atoms with van der Waals surface area (Å²) < 4.78 is 0. The monoisotopic (exact) mass is 220 g/mol. The minimum atomic E-state index is -0.561. The smallest absolute Gasteiger partial charge is 0.0628 e. The third kappa shape index (κ3) is 1.75. The van der Waals surface area contributed by atoms with Gasteiger partial charge in [-0.1, -0.05) is 30.7 Å². The van der Waals surface area contributed by atoms with Crippen LogP contribution in [0.3, 0.4) is 0 Å². The molecule has 0 radical (unpaired) electrons. The van der Waals surface area contributed by atoms with E-state index in [0.717, 1.165) is 12.8 Å². The lowest BCUT2D eigenvalue weighted by Crippen LogP contribution is -2.42. The highest BCUT2D eigenvalue weighted by atomic mass is 16.3. The summed E-state index contributed by atoms with van der Waals surface area (Å²) in [4.78, 5) is 0. The fourth-order valence-corrected chi connectivity index (χ4v) is 3.69. The first-order valence-electron chi connectivity index (χ1n) is 6.44. The Bertz CT molecular complexity index is 332. The van der Waals surface area contributed by atoms with Crippen LogP contribution in [-0.2, 0) is 0 Å². The van der Waals surface area contributed by atoms with Gasteiger partial charge in [0, 0.05) is 5.41 Å². The normalized spacial score (nSPS) is 39.2. The van der Waals surface area contributed by atoms with Gasteiger partial charge in [-0.25, -0.2) is 0 Å². The molecule has 0 aromatic rings. The van der Waals surface area contributed by atoms with Crippen LogP contribution in [-0.4, -0.2) is 10.7 Å². The molecule has 0 unspecified atom stereocenters. The van der Waals surface area contributed by atoms with E-state index in [-0.39, 0.29) is 5.41 Å². The molecule has 90 valence electrons. The molecule has 3 atom stereocenters. The summed E-state index contributed by atoms with van der Waals surface area (Å²) in [6, 6.07) is 0. The lowest BCUT2D eigenvalue weighted by atomic mass is 9.63. The molecule has 1 N–H and O–H groups in total. The van der Waals surface area contributed by atoms with Crippen molar-refractivity contribution in [1.29, 1.82) is 0 Å². The lowest BCUT2D eigenvalue weighted by Gasteiger charge is -2.43. The molecule has 0 saturated heterocycles. The topological polar surface area (TPSA) is 20.2 Å². The summed E-state index contributed by atoms with van der Waals surface area (Å²) in [5, 5.41) is 10.4. The van der Waals surface area contributed by atoms with E-state index < -0.39 is 5.60 Å².